The summed E-state index contributed by atoms with van der Waals surface area (Å²) in [5, 5.41) is 0. The zero-order valence-electron chi connectivity index (χ0n) is 5.88. The summed E-state index contributed by atoms with van der Waals surface area (Å²) >= 11 is 0. The molecule has 0 aromatic rings. The minimum absolute atomic E-state index is 0.979. The third-order valence-electron chi connectivity index (χ3n) is 1.95. The topological polar surface area (TPSA) is 24.7 Å². The summed E-state index contributed by atoms with van der Waals surface area (Å²) in [7, 11) is 0. The van der Waals surface area contributed by atoms with E-state index in [0.717, 1.165) is 25.9 Å². The van der Waals surface area contributed by atoms with Gasteiger partial charge in [-0.3, -0.25) is 9.98 Å². The van der Waals surface area contributed by atoms with Gasteiger partial charge in [-0.05, 0) is 12.8 Å². The van der Waals surface area contributed by atoms with E-state index in [2.05, 4.69) is 9.98 Å². The number of hydrogen-bond donors (Lipinski definition) is 0. The number of aliphatic imine (C=N–C) groups is 2. The molecule has 0 fully saturated rings. The van der Waals surface area contributed by atoms with Crippen molar-refractivity contribution in [2.45, 2.75) is 12.8 Å². The first-order chi connectivity index (χ1) is 4.97. The maximum Gasteiger partial charge on any atom is 0.0427 e. The van der Waals surface area contributed by atoms with Gasteiger partial charge in [0, 0.05) is 31.1 Å². The van der Waals surface area contributed by atoms with Crippen LogP contribution in [0.4, 0.5) is 0 Å². The molecule has 10 heavy (non-hydrogen) atoms. The molecule has 2 aliphatic rings. The first-order valence-corrected chi connectivity index (χ1v) is 3.68. The largest absolute Gasteiger partial charge is 0.292 e. The predicted molar refractivity (Wildman–Crippen MR) is 43.0 cm³/mol. The molecule has 0 aromatic heterocycles. The number of allylic oxidation sites excluding steroid dienone is 1. The van der Waals surface area contributed by atoms with Gasteiger partial charge in [0.25, 0.3) is 0 Å². The molecule has 0 amide bonds. The van der Waals surface area contributed by atoms with Crippen LogP contribution in [0, 0.1) is 0 Å². The summed E-state index contributed by atoms with van der Waals surface area (Å²) in [5.41, 5.74) is 2.81. The molecule has 0 atom stereocenters. The molecule has 52 valence electrons. The minimum atomic E-state index is 0.979. The molecule has 0 aromatic carbocycles. The Bertz CT molecular complexity index is 201. The quantitative estimate of drug-likeness (QED) is 0.476. The van der Waals surface area contributed by atoms with E-state index in [-0.39, 0.29) is 0 Å². The third kappa shape index (κ3) is 0.897. The Labute approximate surface area is 60.4 Å². The van der Waals surface area contributed by atoms with E-state index >= 15 is 0 Å². The fraction of sp³-hybridized carbons (Fsp3) is 0.500. The Kier molecular flexibility index (Phi) is 1.38. The Morgan fingerprint density at radius 3 is 2.10 bits per heavy atom. The summed E-state index contributed by atoms with van der Waals surface area (Å²) in [6, 6.07) is 0. The van der Waals surface area contributed by atoms with Crippen molar-refractivity contribution >= 4 is 12.4 Å². The van der Waals surface area contributed by atoms with Gasteiger partial charge in [0.1, 0.15) is 0 Å². The van der Waals surface area contributed by atoms with Gasteiger partial charge in [-0.2, -0.15) is 0 Å². The van der Waals surface area contributed by atoms with E-state index < -0.39 is 0 Å². The number of nitrogens with zero attached hydrogens (tertiary/aromatic N) is 2. The second kappa shape index (κ2) is 2.37. The van der Waals surface area contributed by atoms with Gasteiger partial charge < -0.3 is 0 Å². The van der Waals surface area contributed by atoms with Gasteiger partial charge in [0.15, 0.2) is 0 Å². The zero-order valence-corrected chi connectivity index (χ0v) is 5.88. The van der Waals surface area contributed by atoms with Crippen LogP contribution in [0.15, 0.2) is 21.1 Å². The van der Waals surface area contributed by atoms with E-state index in [1.807, 2.05) is 12.4 Å². The smallest absolute Gasteiger partial charge is 0.0427 e. The first kappa shape index (κ1) is 5.83. The fourth-order valence-corrected chi connectivity index (χ4v) is 1.35. The van der Waals surface area contributed by atoms with Gasteiger partial charge in [-0.15, -0.1) is 0 Å². The highest BCUT2D eigenvalue weighted by Gasteiger charge is 2.09. The summed E-state index contributed by atoms with van der Waals surface area (Å²) < 4.78 is 0. The Morgan fingerprint density at radius 2 is 1.60 bits per heavy atom. The van der Waals surface area contributed by atoms with Gasteiger partial charge in [-0.1, -0.05) is 5.57 Å². The van der Waals surface area contributed by atoms with Gasteiger partial charge in [0.05, 0.1) is 0 Å². The van der Waals surface area contributed by atoms with Crippen molar-refractivity contribution in [3.8, 4) is 0 Å². The van der Waals surface area contributed by atoms with Crippen LogP contribution in [0.5, 0.6) is 0 Å². The monoisotopic (exact) mass is 134 g/mol. The molecule has 0 saturated heterocycles. The van der Waals surface area contributed by atoms with E-state index in [1.54, 1.807) is 5.57 Å². The molecule has 2 nitrogen and oxygen atoms in total. The van der Waals surface area contributed by atoms with Crippen molar-refractivity contribution in [2.75, 3.05) is 13.1 Å². The van der Waals surface area contributed by atoms with Crippen molar-refractivity contribution in [1.29, 1.82) is 0 Å². The van der Waals surface area contributed by atoms with Crippen molar-refractivity contribution in [3.63, 3.8) is 0 Å². The van der Waals surface area contributed by atoms with Crippen molar-refractivity contribution in [1.82, 2.24) is 0 Å². The predicted octanol–water partition coefficient (Wildman–Crippen LogP) is 1.23. The first-order valence-electron chi connectivity index (χ1n) is 3.68. The van der Waals surface area contributed by atoms with E-state index in [4.69, 9.17) is 0 Å². The Morgan fingerprint density at radius 1 is 1.00 bits per heavy atom. The number of hydrogen-bond acceptors (Lipinski definition) is 2. The highest BCUT2D eigenvalue weighted by atomic mass is 14.8. The third-order valence-corrected chi connectivity index (χ3v) is 1.95. The van der Waals surface area contributed by atoms with E-state index in [1.165, 1.54) is 5.57 Å². The molecule has 0 aliphatic carbocycles. The lowest BCUT2D eigenvalue weighted by Crippen LogP contribution is -2.08. The second-order valence-electron chi connectivity index (χ2n) is 2.63. The van der Waals surface area contributed by atoms with E-state index in [0.29, 0.717) is 0 Å². The SMILES string of the molecule is C1=NCCC2=C1C=NCC2. The van der Waals surface area contributed by atoms with Crippen molar-refractivity contribution in [3.05, 3.63) is 11.1 Å². The van der Waals surface area contributed by atoms with Gasteiger partial charge in [0.2, 0.25) is 0 Å². The second-order valence-corrected chi connectivity index (χ2v) is 2.63. The van der Waals surface area contributed by atoms with Crippen LogP contribution in [0.2, 0.25) is 0 Å². The van der Waals surface area contributed by atoms with Crippen LogP contribution in [0.3, 0.4) is 0 Å². The van der Waals surface area contributed by atoms with Crippen LogP contribution in [-0.4, -0.2) is 25.5 Å². The molecule has 0 spiro atoms. The highest BCUT2D eigenvalue weighted by Crippen LogP contribution is 2.17. The molecule has 0 saturated carbocycles. The number of dihydropyridines is 2. The lowest BCUT2D eigenvalue weighted by Gasteiger charge is -2.14. The van der Waals surface area contributed by atoms with E-state index in [9.17, 15) is 0 Å². The molecular formula is C8H10N2. The summed E-state index contributed by atoms with van der Waals surface area (Å²) in [6.45, 7) is 1.96. The lowest BCUT2D eigenvalue weighted by molar-refractivity contribution is 0.830. The molecule has 0 N–H and O–H groups in total. The molecule has 0 unspecified atom stereocenters. The molecule has 0 bridgehead atoms. The molecule has 0 radical (unpaired) electrons. The average molecular weight is 134 g/mol. The highest BCUT2D eigenvalue weighted by molar-refractivity contribution is 6.05. The Balaban J connectivity index is 2.32. The summed E-state index contributed by atoms with van der Waals surface area (Å²) in [5.74, 6) is 0. The minimum Gasteiger partial charge on any atom is -0.292 e. The van der Waals surface area contributed by atoms with Gasteiger partial charge >= 0.3 is 0 Å². The normalized spacial score (nSPS) is 23.2. The molecule has 2 rings (SSSR count). The van der Waals surface area contributed by atoms with Crippen LogP contribution in [0.1, 0.15) is 12.8 Å². The van der Waals surface area contributed by atoms with Crippen LogP contribution >= 0.6 is 0 Å². The molecule has 2 aliphatic heterocycles. The maximum absolute atomic E-state index is 4.19. The van der Waals surface area contributed by atoms with Crippen LogP contribution < -0.4 is 0 Å². The van der Waals surface area contributed by atoms with Crippen LogP contribution in [0.25, 0.3) is 0 Å². The Hall–Kier alpha value is -0.920. The van der Waals surface area contributed by atoms with Crippen molar-refractivity contribution in [2.24, 2.45) is 9.98 Å². The lowest BCUT2D eigenvalue weighted by atomic mass is 9.99. The zero-order chi connectivity index (χ0) is 6.81. The van der Waals surface area contributed by atoms with Gasteiger partial charge in [-0.25, -0.2) is 0 Å². The number of rotatable bonds is 0. The summed E-state index contributed by atoms with van der Waals surface area (Å²) in [4.78, 5) is 8.37. The van der Waals surface area contributed by atoms with Crippen molar-refractivity contribution < 1.29 is 0 Å². The fourth-order valence-electron chi connectivity index (χ4n) is 1.35. The molecule has 2 heterocycles. The standard InChI is InChI=1S/C8H10N2/c1-3-9-5-8-6-10-4-2-7(1)8/h5-6H,1-4H2. The molecular weight excluding hydrogens is 124 g/mol. The summed E-state index contributed by atoms with van der Waals surface area (Å²) in [6.07, 6.45) is 6.19. The molecule has 2 heteroatoms. The maximum atomic E-state index is 4.19. The average Bonchev–Trinajstić information content (AvgIpc) is 2.05. The van der Waals surface area contributed by atoms with Crippen LogP contribution in [-0.2, 0) is 0 Å².